The van der Waals surface area contributed by atoms with Crippen LogP contribution < -0.4 is 0 Å². The van der Waals surface area contributed by atoms with Crippen LogP contribution in [0.25, 0.3) is 0 Å². The summed E-state index contributed by atoms with van der Waals surface area (Å²) in [6, 6.07) is 7.25. The molecule has 0 bridgehead atoms. The molecule has 0 aliphatic carbocycles. The maximum absolute atomic E-state index is 12.6. The summed E-state index contributed by atoms with van der Waals surface area (Å²) in [5, 5.41) is 9.13. The maximum Gasteiger partial charge on any atom is 0.218 e. The molecule has 0 radical (unpaired) electrons. The highest BCUT2D eigenvalue weighted by atomic mass is 32.2. The molecule has 1 aliphatic heterocycles. The van der Waals surface area contributed by atoms with Crippen molar-refractivity contribution in [1.82, 2.24) is 4.31 Å². The average molecular weight is 297 g/mol. The largest absolute Gasteiger partial charge is 0.392 e. The van der Waals surface area contributed by atoms with Crippen LogP contribution in [-0.4, -0.2) is 30.4 Å². The van der Waals surface area contributed by atoms with Crippen molar-refractivity contribution in [3.8, 4) is 0 Å². The van der Waals surface area contributed by atoms with Gasteiger partial charge in [-0.3, -0.25) is 0 Å². The number of benzene rings is 1. The number of aliphatic hydroxyl groups excluding tert-OH is 1. The third kappa shape index (κ3) is 3.81. The lowest BCUT2D eigenvalue weighted by atomic mass is 10.1. The molecule has 1 N–H and O–H groups in total. The molecule has 4 nitrogen and oxygen atoms in total. The van der Waals surface area contributed by atoms with Crippen LogP contribution in [0, 0.1) is 0 Å². The molecule has 0 spiro atoms. The predicted molar refractivity (Wildman–Crippen MR) is 79.6 cm³/mol. The normalized spacial score (nSPS) is 21.6. The monoisotopic (exact) mass is 297 g/mol. The number of hydrogen-bond acceptors (Lipinski definition) is 3. The van der Waals surface area contributed by atoms with Gasteiger partial charge in [0.05, 0.1) is 12.4 Å². The van der Waals surface area contributed by atoms with Gasteiger partial charge in [-0.25, -0.2) is 8.42 Å². The van der Waals surface area contributed by atoms with Crippen molar-refractivity contribution >= 4 is 10.0 Å². The number of sulfonamides is 1. The molecule has 1 aromatic rings. The maximum atomic E-state index is 12.6. The molecule has 112 valence electrons. The smallest absolute Gasteiger partial charge is 0.218 e. The fourth-order valence-corrected chi connectivity index (χ4v) is 4.60. The van der Waals surface area contributed by atoms with Crippen molar-refractivity contribution in [3.63, 3.8) is 0 Å². The van der Waals surface area contributed by atoms with E-state index >= 15 is 0 Å². The Morgan fingerprint density at radius 1 is 1.25 bits per heavy atom. The molecule has 0 saturated carbocycles. The number of hydrogen-bond donors (Lipinski definition) is 1. The quantitative estimate of drug-likeness (QED) is 0.927. The molecule has 5 heteroatoms. The van der Waals surface area contributed by atoms with Gasteiger partial charge in [0.1, 0.15) is 0 Å². The molecule has 1 aromatic carbocycles. The van der Waals surface area contributed by atoms with Gasteiger partial charge < -0.3 is 5.11 Å². The lowest BCUT2D eigenvalue weighted by Gasteiger charge is -2.26. The summed E-state index contributed by atoms with van der Waals surface area (Å²) in [6.07, 6.45) is 4.10. The van der Waals surface area contributed by atoms with Gasteiger partial charge in [-0.05, 0) is 30.9 Å². The van der Waals surface area contributed by atoms with E-state index in [0.29, 0.717) is 6.54 Å². The molecular formula is C15H23NO3S. The summed E-state index contributed by atoms with van der Waals surface area (Å²) in [7, 11) is -3.28. The Hall–Kier alpha value is -0.910. The van der Waals surface area contributed by atoms with Gasteiger partial charge in [-0.15, -0.1) is 0 Å². The second kappa shape index (κ2) is 6.70. The first kappa shape index (κ1) is 15.5. The molecule has 20 heavy (non-hydrogen) atoms. The zero-order valence-corrected chi connectivity index (χ0v) is 12.8. The van der Waals surface area contributed by atoms with E-state index < -0.39 is 10.0 Å². The fourth-order valence-electron chi connectivity index (χ4n) is 2.77. The summed E-state index contributed by atoms with van der Waals surface area (Å²) in [4.78, 5) is 0. The fraction of sp³-hybridized carbons (Fsp3) is 0.600. The summed E-state index contributed by atoms with van der Waals surface area (Å²) < 4.78 is 26.8. The standard InChI is InChI=1S/C15H23NO3S/c1-13-6-3-2-4-9-16(13)20(18,19)12-15-8-5-7-14(10-15)11-17/h5,7-8,10,13,17H,2-4,6,9,11-12H2,1H3. The molecule has 0 amide bonds. The molecular weight excluding hydrogens is 274 g/mol. The topological polar surface area (TPSA) is 57.6 Å². The molecule has 1 fully saturated rings. The van der Waals surface area contributed by atoms with Gasteiger partial charge in [0.25, 0.3) is 0 Å². The zero-order chi connectivity index (χ0) is 14.6. The average Bonchev–Trinajstić information content (AvgIpc) is 2.63. The number of rotatable bonds is 4. The Kier molecular flexibility index (Phi) is 5.18. The molecule has 1 aliphatic rings. The van der Waals surface area contributed by atoms with Crippen LogP contribution in [0.3, 0.4) is 0 Å². The lowest BCUT2D eigenvalue weighted by molar-refractivity contribution is 0.281. The molecule has 1 heterocycles. The summed E-state index contributed by atoms with van der Waals surface area (Å²) in [5.41, 5.74) is 1.50. The van der Waals surface area contributed by atoms with Crippen molar-refractivity contribution in [2.75, 3.05) is 6.54 Å². The SMILES string of the molecule is CC1CCCCCN1S(=O)(=O)Cc1cccc(CO)c1. The van der Waals surface area contributed by atoms with Crippen LogP contribution in [0.1, 0.15) is 43.7 Å². The van der Waals surface area contributed by atoms with E-state index in [-0.39, 0.29) is 18.4 Å². The van der Waals surface area contributed by atoms with Gasteiger partial charge in [0.2, 0.25) is 10.0 Å². The Morgan fingerprint density at radius 2 is 2.00 bits per heavy atom. The van der Waals surface area contributed by atoms with Crippen LogP contribution in [0.15, 0.2) is 24.3 Å². The molecule has 1 unspecified atom stereocenters. The van der Waals surface area contributed by atoms with E-state index in [1.807, 2.05) is 6.92 Å². The highest BCUT2D eigenvalue weighted by Gasteiger charge is 2.28. The zero-order valence-electron chi connectivity index (χ0n) is 12.0. The number of nitrogens with zero attached hydrogens (tertiary/aromatic N) is 1. The minimum atomic E-state index is -3.28. The van der Waals surface area contributed by atoms with Crippen LogP contribution >= 0.6 is 0 Å². The first-order valence-corrected chi connectivity index (χ1v) is 8.82. The van der Waals surface area contributed by atoms with Crippen molar-refractivity contribution in [1.29, 1.82) is 0 Å². The van der Waals surface area contributed by atoms with E-state index in [9.17, 15) is 8.42 Å². The third-order valence-electron chi connectivity index (χ3n) is 3.87. The highest BCUT2D eigenvalue weighted by Crippen LogP contribution is 2.22. The second-order valence-corrected chi connectivity index (χ2v) is 7.46. The molecule has 1 atom stereocenters. The first-order valence-electron chi connectivity index (χ1n) is 7.21. The van der Waals surface area contributed by atoms with E-state index in [4.69, 9.17) is 5.11 Å². The van der Waals surface area contributed by atoms with E-state index in [1.54, 1.807) is 28.6 Å². The van der Waals surface area contributed by atoms with Gasteiger partial charge in [0.15, 0.2) is 0 Å². The minimum Gasteiger partial charge on any atom is -0.392 e. The summed E-state index contributed by atoms with van der Waals surface area (Å²) in [5.74, 6) is 0.0190. The van der Waals surface area contributed by atoms with Crippen LogP contribution in [0.4, 0.5) is 0 Å². The van der Waals surface area contributed by atoms with Crippen LogP contribution in [0.2, 0.25) is 0 Å². The lowest BCUT2D eigenvalue weighted by Crippen LogP contribution is -2.38. The molecule has 0 aromatic heterocycles. The summed E-state index contributed by atoms with van der Waals surface area (Å²) >= 11 is 0. The minimum absolute atomic E-state index is 0.0190. The third-order valence-corrected chi connectivity index (χ3v) is 5.83. The van der Waals surface area contributed by atoms with Gasteiger partial charge >= 0.3 is 0 Å². The predicted octanol–water partition coefficient (Wildman–Crippen LogP) is 2.27. The van der Waals surface area contributed by atoms with Crippen molar-refractivity contribution < 1.29 is 13.5 Å². The van der Waals surface area contributed by atoms with Crippen molar-refractivity contribution in [2.45, 2.75) is 51.0 Å². The molecule has 2 rings (SSSR count). The van der Waals surface area contributed by atoms with E-state index in [0.717, 1.165) is 36.8 Å². The molecule has 1 saturated heterocycles. The Balaban J connectivity index is 2.16. The Morgan fingerprint density at radius 3 is 2.75 bits per heavy atom. The van der Waals surface area contributed by atoms with E-state index in [1.165, 1.54) is 0 Å². The summed E-state index contributed by atoms with van der Waals surface area (Å²) in [6.45, 7) is 2.56. The van der Waals surface area contributed by atoms with Gasteiger partial charge in [-0.2, -0.15) is 4.31 Å². The first-order chi connectivity index (χ1) is 9.53. The second-order valence-electron chi connectivity index (χ2n) is 5.54. The Labute approximate surface area is 121 Å². The van der Waals surface area contributed by atoms with Gasteiger partial charge in [-0.1, -0.05) is 37.1 Å². The van der Waals surface area contributed by atoms with Crippen LogP contribution in [0.5, 0.6) is 0 Å². The number of aliphatic hydroxyl groups is 1. The van der Waals surface area contributed by atoms with Crippen LogP contribution in [-0.2, 0) is 22.4 Å². The van der Waals surface area contributed by atoms with Crippen molar-refractivity contribution in [2.24, 2.45) is 0 Å². The Bertz CT molecular complexity index is 542. The highest BCUT2D eigenvalue weighted by molar-refractivity contribution is 7.88. The van der Waals surface area contributed by atoms with E-state index in [2.05, 4.69) is 0 Å². The van der Waals surface area contributed by atoms with Crippen molar-refractivity contribution in [3.05, 3.63) is 35.4 Å². The van der Waals surface area contributed by atoms with Gasteiger partial charge in [0, 0.05) is 12.6 Å².